The maximum absolute atomic E-state index is 12.7. The number of alkyl halides is 2. The lowest BCUT2D eigenvalue weighted by molar-refractivity contribution is -0.154. The van der Waals surface area contributed by atoms with Crippen LogP contribution in [-0.4, -0.2) is 89.2 Å². The number of halogens is 2. The summed E-state index contributed by atoms with van der Waals surface area (Å²) in [6.07, 6.45) is 0. The van der Waals surface area contributed by atoms with Crippen molar-refractivity contribution in [1.29, 1.82) is 0 Å². The van der Waals surface area contributed by atoms with Gasteiger partial charge in [0.1, 0.15) is 43.3 Å². The summed E-state index contributed by atoms with van der Waals surface area (Å²) in [5, 5.41) is 9.59. The molecule has 176 valence electrons. The minimum Gasteiger partial charge on any atom is -0.462 e. The molecule has 2 rings (SSSR count). The van der Waals surface area contributed by atoms with Crippen molar-refractivity contribution in [2.75, 3.05) is 30.8 Å². The highest BCUT2D eigenvalue weighted by Gasteiger charge is 2.54. The molecule has 0 aromatic carbocycles. The van der Waals surface area contributed by atoms with Gasteiger partial charge in [-0.2, -0.15) is 8.42 Å². The summed E-state index contributed by atoms with van der Waals surface area (Å²) in [7, 11) is -3.85. The number of anilines is 1. The second-order valence-corrected chi connectivity index (χ2v) is 8.47. The van der Waals surface area contributed by atoms with E-state index in [1.807, 2.05) is 0 Å². The lowest BCUT2D eigenvalue weighted by Crippen LogP contribution is -2.73. The predicted octanol–water partition coefficient (Wildman–Crippen LogP) is -1.05. The smallest absolute Gasteiger partial charge is 0.362 e. The summed E-state index contributed by atoms with van der Waals surface area (Å²) >= 11 is 11.6. The lowest BCUT2D eigenvalue weighted by Gasteiger charge is -2.43. The number of carbonyl (C=O) groups excluding carboxylic acids is 4. The maximum atomic E-state index is 12.7. The summed E-state index contributed by atoms with van der Waals surface area (Å²) in [6.45, 7) is -0.676. The lowest BCUT2D eigenvalue weighted by atomic mass is 9.99. The average Bonchev–Trinajstić information content (AvgIpc) is 3.19. The Hall–Kier alpha value is -2.53. The Morgan fingerprint density at radius 1 is 1.34 bits per heavy atom. The van der Waals surface area contributed by atoms with Gasteiger partial charge in [0.2, 0.25) is 5.91 Å². The van der Waals surface area contributed by atoms with Gasteiger partial charge in [0, 0.05) is 5.38 Å². The van der Waals surface area contributed by atoms with Crippen molar-refractivity contribution in [1.82, 2.24) is 14.6 Å². The molecule has 1 aromatic heterocycles. The van der Waals surface area contributed by atoms with Crippen LogP contribution in [0.5, 0.6) is 0 Å². The van der Waals surface area contributed by atoms with Crippen molar-refractivity contribution in [2.24, 2.45) is 5.16 Å². The van der Waals surface area contributed by atoms with E-state index in [0.29, 0.717) is 0 Å². The number of oxime groups is 1. The normalized spacial score (nSPS) is 18.6. The van der Waals surface area contributed by atoms with Crippen molar-refractivity contribution in [2.45, 2.75) is 12.1 Å². The van der Waals surface area contributed by atoms with E-state index in [1.54, 1.807) is 0 Å². The molecule has 1 aliphatic heterocycles. The fraction of sp³-hybridized carbons (Fsp3) is 0.429. The number of ether oxygens (including phenoxy) is 1. The van der Waals surface area contributed by atoms with Crippen LogP contribution in [0.1, 0.15) is 5.69 Å². The Morgan fingerprint density at radius 3 is 2.59 bits per heavy atom. The summed E-state index contributed by atoms with van der Waals surface area (Å²) < 4.78 is 36.9. The number of esters is 1. The Kier molecular flexibility index (Phi) is 8.73. The predicted molar refractivity (Wildman–Crippen MR) is 111 cm³/mol. The number of β-lactam (4-membered cyclic amide) rings is 1. The molecule has 0 spiro atoms. The molecule has 3 amide bonds. The molecule has 0 unspecified atom stereocenters. The fourth-order valence-corrected chi connectivity index (χ4v) is 4.16. The highest BCUT2D eigenvalue weighted by atomic mass is 35.5. The largest absolute Gasteiger partial charge is 0.462 e. The Bertz CT molecular complexity index is 1050. The molecule has 0 bridgehead atoms. The molecule has 0 saturated carbocycles. The van der Waals surface area contributed by atoms with Crippen LogP contribution in [0, 0.1) is 0 Å². The first kappa shape index (κ1) is 25.7. The summed E-state index contributed by atoms with van der Waals surface area (Å²) in [6, 6.07) is -2.94. The Labute approximate surface area is 194 Å². The molecule has 3 N–H and O–H groups in total. The monoisotopic (exact) mass is 531 g/mol. The molecule has 18 heteroatoms. The molecule has 14 nitrogen and oxygen atoms in total. The zero-order valence-electron chi connectivity index (χ0n) is 16.0. The average molecular weight is 532 g/mol. The van der Waals surface area contributed by atoms with Crippen molar-refractivity contribution < 1.29 is 41.7 Å². The highest BCUT2D eigenvalue weighted by molar-refractivity contribution is 7.84. The van der Waals surface area contributed by atoms with Gasteiger partial charge in [-0.25, -0.2) is 9.29 Å². The third kappa shape index (κ3) is 6.04. The van der Waals surface area contributed by atoms with E-state index in [9.17, 15) is 32.1 Å². The summed E-state index contributed by atoms with van der Waals surface area (Å²) in [4.78, 5) is 56.1. The summed E-state index contributed by atoms with van der Waals surface area (Å²) in [5.74, 6) is -4.50. The van der Waals surface area contributed by atoms with Crippen LogP contribution in [-0.2, 0) is 39.1 Å². The van der Waals surface area contributed by atoms with E-state index < -0.39 is 64.3 Å². The minimum atomic E-state index is -4.99. The van der Waals surface area contributed by atoms with Crippen LogP contribution < -0.4 is 10.6 Å². The third-order valence-electron chi connectivity index (χ3n) is 3.74. The van der Waals surface area contributed by atoms with Gasteiger partial charge in [-0.15, -0.1) is 34.5 Å². The molecular weight excluding hydrogens is 517 g/mol. The summed E-state index contributed by atoms with van der Waals surface area (Å²) in [5.41, 5.74) is -0.451. The Balaban J connectivity index is 2.21. The zero-order chi connectivity index (χ0) is 24.1. The number of nitrogens with zero attached hydrogens (tertiary/aromatic N) is 3. The molecule has 0 aliphatic carbocycles. The number of hydrogen-bond acceptors (Lipinski definition) is 11. The van der Waals surface area contributed by atoms with Gasteiger partial charge in [-0.1, -0.05) is 5.16 Å². The van der Waals surface area contributed by atoms with Crippen LogP contribution in [0.3, 0.4) is 0 Å². The van der Waals surface area contributed by atoms with E-state index in [2.05, 4.69) is 25.6 Å². The van der Waals surface area contributed by atoms with Crippen molar-refractivity contribution in [3.63, 3.8) is 0 Å². The number of nitrogens with one attached hydrogen (secondary N) is 2. The van der Waals surface area contributed by atoms with Crippen molar-refractivity contribution in [3.05, 3.63) is 11.1 Å². The van der Waals surface area contributed by atoms with Crippen LogP contribution in [0.4, 0.5) is 5.13 Å². The molecular formula is C14H15Cl2N5O9S2. The van der Waals surface area contributed by atoms with Gasteiger partial charge < -0.3 is 20.2 Å². The molecule has 1 aromatic rings. The van der Waals surface area contributed by atoms with Gasteiger partial charge >= 0.3 is 16.3 Å². The van der Waals surface area contributed by atoms with Gasteiger partial charge in [0.25, 0.3) is 11.8 Å². The van der Waals surface area contributed by atoms with E-state index in [-0.39, 0.29) is 21.0 Å². The third-order valence-corrected chi connectivity index (χ3v) is 5.91. The number of rotatable bonds is 10. The standard InChI is InChI=1S/C14H15Cl2N5O9S2/c1-29-20-10(6-5-31-14(17-6)18-8(22)2-15)12(24)19-11-7(4-30-9(23)3-16)21(13(11)25)32(26,27)28/h5,7,11H,2-4H2,1H3,(H,19,24)(H,17,18,22)(H,26,27,28)/t7-,11+/m1/s1. The molecule has 2 heterocycles. The van der Waals surface area contributed by atoms with Crippen LogP contribution in [0.2, 0.25) is 0 Å². The van der Waals surface area contributed by atoms with E-state index >= 15 is 0 Å². The van der Waals surface area contributed by atoms with E-state index in [0.717, 1.165) is 18.4 Å². The zero-order valence-corrected chi connectivity index (χ0v) is 19.1. The van der Waals surface area contributed by atoms with Crippen LogP contribution in [0.15, 0.2) is 10.5 Å². The van der Waals surface area contributed by atoms with E-state index in [1.165, 1.54) is 5.38 Å². The molecule has 1 saturated heterocycles. The molecule has 0 radical (unpaired) electrons. The number of carbonyl (C=O) groups is 4. The van der Waals surface area contributed by atoms with Crippen molar-refractivity contribution >= 4 is 79.4 Å². The number of amides is 3. The second kappa shape index (κ2) is 10.9. The minimum absolute atomic E-state index is 0.0391. The van der Waals surface area contributed by atoms with E-state index in [4.69, 9.17) is 27.9 Å². The van der Waals surface area contributed by atoms with Gasteiger partial charge in [-0.05, 0) is 0 Å². The quantitative estimate of drug-likeness (QED) is 0.0836. The van der Waals surface area contributed by atoms with Crippen LogP contribution >= 0.6 is 34.5 Å². The van der Waals surface area contributed by atoms with Crippen molar-refractivity contribution in [3.8, 4) is 0 Å². The first-order valence-corrected chi connectivity index (χ1v) is 11.6. The van der Waals surface area contributed by atoms with Gasteiger partial charge in [0.15, 0.2) is 10.8 Å². The van der Waals surface area contributed by atoms with Gasteiger partial charge in [0.05, 0.1) is 0 Å². The molecule has 1 aliphatic rings. The fourth-order valence-electron chi connectivity index (χ4n) is 2.44. The number of aromatic nitrogens is 1. The second-order valence-electron chi connectivity index (χ2n) is 5.79. The molecule has 32 heavy (non-hydrogen) atoms. The highest BCUT2D eigenvalue weighted by Crippen LogP contribution is 2.24. The topological polar surface area (TPSA) is 194 Å². The first-order chi connectivity index (χ1) is 15.0. The number of hydrogen-bond donors (Lipinski definition) is 3. The first-order valence-electron chi connectivity index (χ1n) is 8.29. The van der Waals surface area contributed by atoms with Gasteiger partial charge in [-0.3, -0.25) is 23.7 Å². The SMILES string of the molecule is CON=C(C(=O)N[C@@H]1C(=O)N(S(=O)(=O)O)[C@@H]1COC(=O)CCl)c1csc(NC(=O)CCl)n1. The number of thiazole rings is 1. The van der Waals surface area contributed by atoms with Crippen LogP contribution in [0.25, 0.3) is 0 Å². The molecule has 2 atom stereocenters. The Morgan fingerprint density at radius 2 is 2.03 bits per heavy atom. The molecule has 1 fully saturated rings. The maximum Gasteiger partial charge on any atom is 0.362 e.